The fraction of sp³-hybridized carbons (Fsp3) is 0.174. The number of carbonyl (C=O) groups is 3. The number of carbonyl (C=O) groups excluding carboxylic acids is 2. The Morgan fingerprint density at radius 1 is 0.938 bits per heavy atom. The van der Waals surface area contributed by atoms with Crippen LogP contribution in [-0.4, -0.2) is 40.3 Å². The molecule has 0 aliphatic heterocycles. The first-order chi connectivity index (χ1) is 15.5. The van der Waals surface area contributed by atoms with E-state index in [0.29, 0.717) is 12.3 Å². The van der Waals surface area contributed by atoms with Crippen molar-refractivity contribution in [2.45, 2.75) is 19.1 Å². The van der Waals surface area contributed by atoms with Crippen molar-refractivity contribution in [2.24, 2.45) is 0 Å². The van der Waals surface area contributed by atoms with Crippen LogP contribution >= 0.6 is 0 Å². The van der Waals surface area contributed by atoms with Crippen molar-refractivity contribution in [3.63, 3.8) is 0 Å². The average Bonchev–Trinajstić information content (AvgIpc) is 3.25. The predicted octanol–water partition coefficient (Wildman–Crippen LogP) is 3.05. The fourth-order valence-electron chi connectivity index (χ4n) is 2.96. The van der Waals surface area contributed by atoms with Crippen LogP contribution in [0.4, 0.5) is 10.5 Å². The number of hydrogen-bond acceptors (Lipinski definition) is 4. The molecule has 1 atom stereocenters. The van der Waals surface area contributed by atoms with Crippen LogP contribution in [0.3, 0.4) is 0 Å². The average molecular weight is 436 g/mol. The van der Waals surface area contributed by atoms with Crippen molar-refractivity contribution in [1.29, 1.82) is 0 Å². The maximum Gasteiger partial charge on any atom is 0.405 e. The minimum atomic E-state index is -1.33. The van der Waals surface area contributed by atoms with Gasteiger partial charge in [0, 0.05) is 24.9 Å². The number of anilines is 1. The van der Waals surface area contributed by atoms with Crippen LogP contribution in [0.25, 0.3) is 0 Å². The van der Waals surface area contributed by atoms with Gasteiger partial charge < -0.3 is 20.5 Å². The standard InChI is InChI=1S/C23H24N4O5/c28-21(19(25-23(30)31)13-15-32-16-17-8-3-1-4-9-17)26-27-14-7-12-20(27)22(29)24-18-10-5-2-6-11-18/h1-12,14,19,25H,13,15-16H2,(H,24,29)(H,26,28)(H,30,31). The highest BCUT2D eigenvalue weighted by Crippen LogP contribution is 2.09. The summed E-state index contributed by atoms with van der Waals surface area (Å²) in [5, 5.41) is 14.0. The van der Waals surface area contributed by atoms with Crippen LogP contribution in [0, 0.1) is 0 Å². The van der Waals surface area contributed by atoms with Gasteiger partial charge in [-0.1, -0.05) is 48.5 Å². The van der Waals surface area contributed by atoms with Crippen LogP contribution in [0.15, 0.2) is 79.0 Å². The quantitative estimate of drug-likeness (QED) is 0.364. The van der Waals surface area contributed by atoms with Crippen molar-refractivity contribution < 1.29 is 24.2 Å². The first-order valence-electron chi connectivity index (χ1n) is 9.98. The summed E-state index contributed by atoms with van der Waals surface area (Å²) in [6, 6.07) is 20.5. The summed E-state index contributed by atoms with van der Waals surface area (Å²) < 4.78 is 6.81. The summed E-state index contributed by atoms with van der Waals surface area (Å²) in [6.07, 6.45) is 0.294. The molecular formula is C23H24N4O5. The smallest absolute Gasteiger partial charge is 0.405 e. The van der Waals surface area contributed by atoms with E-state index < -0.39 is 23.9 Å². The van der Waals surface area contributed by atoms with Crippen molar-refractivity contribution >= 4 is 23.6 Å². The molecule has 0 spiro atoms. The molecule has 2 aromatic carbocycles. The Bertz CT molecular complexity index is 1040. The SMILES string of the molecule is O=C(O)NC(CCOCc1ccccc1)C(=O)Nn1cccc1C(=O)Nc1ccccc1. The molecular weight excluding hydrogens is 412 g/mol. The lowest BCUT2D eigenvalue weighted by atomic mass is 10.2. The first-order valence-corrected chi connectivity index (χ1v) is 9.98. The Morgan fingerprint density at radius 2 is 1.62 bits per heavy atom. The number of hydrogen-bond donors (Lipinski definition) is 4. The minimum absolute atomic E-state index is 0.123. The number of carboxylic acid groups (broad SMARTS) is 1. The molecule has 9 heteroatoms. The number of ether oxygens (including phenoxy) is 1. The highest BCUT2D eigenvalue weighted by atomic mass is 16.5. The number of benzene rings is 2. The molecule has 0 fully saturated rings. The predicted molar refractivity (Wildman–Crippen MR) is 119 cm³/mol. The molecule has 0 bridgehead atoms. The topological polar surface area (TPSA) is 122 Å². The molecule has 3 aromatic rings. The third kappa shape index (κ3) is 6.71. The van der Waals surface area contributed by atoms with Crippen molar-refractivity contribution in [3.05, 3.63) is 90.3 Å². The number of aromatic nitrogens is 1. The second kappa shape index (κ2) is 11.3. The second-order valence-corrected chi connectivity index (χ2v) is 6.89. The Balaban J connectivity index is 1.58. The Hall–Kier alpha value is -4.11. The lowest BCUT2D eigenvalue weighted by Gasteiger charge is -2.18. The summed E-state index contributed by atoms with van der Waals surface area (Å²) in [7, 11) is 0. The highest BCUT2D eigenvalue weighted by molar-refractivity contribution is 6.04. The van der Waals surface area contributed by atoms with E-state index in [1.165, 1.54) is 10.9 Å². The van der Waals surface area contributed by atoms with Gasteiger partial charge in [-0.15, -0.1) is 0 Å². The van der Waals surface area contributed by atoms with Gasteiger partial charge in [-0.3, -0.25) is 19.7 Å². The van der Waals surface area contributed by atoms with Crippen molar-refractivity contribution in [2.75, 3.05) is 17.3 Å². The van der Waals surface area contributed by atoms with Crippen LogP contribution in [0.2, 0.25) is 0 Å². The maximum absolute atomic E-state index is 12.7. The molecule has 3 rings (SSSR count). The zero-order valence-electron chi connectivity index (χ0n) is 17.2. The normalized spacial score (nSPS) is 11.4. The van der Waals surface area contributed by atoms with E-state index in [1.807, 2.05) is 36.4 Å². The second-order valence-electron chi connectivity index (χ2n) is 6.89. The van der Waals surface area contributed by atoms with Gasteiger partial charge in [0.2, 0.25) is 0 Å². The Kier molecular flexibility index (Phi) is 7.99. The molecule has 9 nitrogen and oxygen atoms in total. The summed E-state index contributed by atoms with van der Waals surface area (Å²) >= 11 is 0. The number of para-hydroxylation sites is 1. The van der Waals surface area contributed by atoms with Crippen LogP contribution in [-0.2, 0) is 16.1 Å². The lowest BCUT2D eigenvalue weighted by molar-refractivity contribution is -0.119. The summed E-state index contributed by atoms with van der Waals surface area (Å²) in [5.41, 5.74) is 4.33. The molecule has 0 aliphatic carbocycles. The molecule has 3 amide bonds. The van der Waals surface area contributed by atoms with Gasteiger partial charge in [0.25, 0.3) is 11.8 Å². The number of nitrogens with zero attached hydrogens (tertiary/aromatic N) is 1. The van der Waals surface area contributed by atoms with E-state index in [-0.39, 0.29) is 18.7 Å². The Labute approximate surface area is 185 Å². The number of rotatable bonds is 10. The largest absolute Gasteiger partial charge is 0.465 e. The lowest BCUT2D eigenvalue weighted by Crippen LogP contribution is -2.46. The molecule has 0 radical (unpaired) electrons. The fourth-order valence-corrected chi connectivity index (χ4v) is 2.96. The van der Waals surface area contributed by atoms with E-state index in [2.05, 4.69) is 16.1 Å². The van der Waals surface area contributed by atoms with Gasteiger partial charge in [-0.25, -0.2) is 4.79 Å². The monoisotopic (exact) mass is 436 g/mol. The van der Waals surface area contributed by atoms with Gasteiger partial charge in [0.1, 0.15) is 11.7 Å². The summed E-state index contributed by atoms with van der Waals surface area (Å²) in [4.78, 5) is 36.4. The van der Waals surface area contributed by atoms with Gasteiger partial charge in [0.15, 0.2) is 0 Å². The Morgan fingerprint density at radius 3 is 2.31 bits per heavy atom. The van der Waals surface area contributed by atoms with Crippen LogP contribution in [0.1, 0.15) is 22.5 Å². The molecule has 0 saturated heterocycles. The van der Waals surface area contributed by atoms with E-state index in [0.717, 1.165) is 5.56 Å². The van der Waals surface area contributed by atoms with Crippen molar-refractivity contribution in [3.8, 4) is 0 Å². The molecule has 0 saturated carbocycles. The molecule has 1 unspecified atom stereocenters. The highest BCUT2D eigenvalue weighted by Gasteiger charge is 2.22. The van der Waals surface area contributed by atoms with Gasteiger partial charge in [-0.05, 0) is 29.8 Å². The van der Waals surface area contributed by atoms with Crippen LogP contribution < -0.4 is 16.1 Å². The number of amides is 3. The van der Waals surface area contributed by atoms with Gasteiger partial charge >= 0.3 is 6.09 Å². The van der Waals surface area contributed by atoms with Crippen molar-refractivity contribution in [1.82, 2.24) is 9.99 Å². The molecule has 1 aromatic heterocycles. The molecule has 32 heavy (non-hydrogen) atoms. The third-order valence-electron chi connectivity index (χ3n) is 4.52. The zero-order chi connectivity index (χ0) is 22.8. The number of nitrogens with one attached hydrogen (secondary N) is 3. The van der Waals surface area contributed by atoms with E-state index in [9.17, 15) is 14.4 Å². The minimum Gasteiger partial charge on any atom is -0.465 e. The summed E-state index contributed by atoms with van der Waals surface area (Å²) in [6.45, 7) is 0.518. The summed E-state index contributed by atoms with van der Waals surface area (Å²) in [5.74, 6) is -1.03. The molecule has 4 N–H and O–H groups in total. The third-order valence-corrected chi connectivity index (χ3v) is 4.52. The zero-order valence-corrected chi connectivity index (χ0v) is 17.2. The van der Waals surface area contributed by atoms with E-state index >= 15 is 0 Å². The first kappa shape index (κ1) is 22.6. The van der Waals surface area contributed by atoms with E-state index in [1.54, 1.807) is 36.4 Å². The van der Waals surface area contributed by atoms with E-state index in [4.69, 9.17) is 9.84 Å². The molecule has 0 aliphatic rings. The van der Waals surface area contributed by atoms with Gasteiger partial charge in [-0.2, -0.15) is 0 Å². The van der Waals surface area contributed by atoms with Crippen LogP contribution in [0.5, 0.6) is 0 Å². The maximum atomic E-state index is 12.7. The molecule has 1 heterocycles. The molecule has 166 valence electrons. The van der Waals surface area contributed by atoms with Gasteiger partial charge in [0.05, 0.1) is 6.61 Å².